The molecule has 1 saturated carbocycles. The van der Waals surface area contributed by atoms with Crippen LogP contribution in [0.4, 0.5) is 0 Å². The van der Waals surface area contributed by atoms with E-state index < -0.39 is 11.5 Å². The highest BCUT2D eigenvalue weighted by Crippen LogP contribution is 2.29. The molecule has 1 amide bonds. The zero-order valence-electron chi connectivity index (χ0n) is 11.3. The van der Waals surface area contributed by atoms with E-state index in [0.29, 0.717) is 25.3 Å². The first-order valence-electron chi connectivity index (χ1n) is 6.74. The van der Waals surface area contributed by atoms with Crippen LogP contribution in [0.25, 0.3) is 0 Å². The van der Waals surface area contributed by atoms with Gasteiger partial charge in [-0.3, -0.25) is 4.79 Å². The Morgan fingerprint density at radius 1 is 1.28 bits per heavy atom. The molecule has 0 heterocycles. The Morgan fingerprint density at radius 3 is 2.39 bits per heavy atom. The summed E-state index contributed by atoms with van der Waals surface area (Å²) in [6, 6.07) is 0.410. The van der Waals surface area contributed by atoms with E-state index in [2.05, 4.69) is 24.5 Å². The van der Waals surface area contributed by atoms with Crippen molar-refractivity contribution in [3.63, 3.8) is 0 Å². The molecule has 0 aliphatic heterocycles. The highest BCUT2D eigenvalue weighted by Gasteiger charge is 2.42. The molecule has 0 spiro atoms. The number of amides is 1. The van der Waals surface area contributed by atoms with E-state index in [1.807, 2.05) is 0 Å². The lowest BCUT2D eigenvalue weighted by Gasteiger charge is -2.25. The minimum absolute atomic E-state index is 0.148. The molecule has 0 unspecified atom stereocenters. The number of aliphatic carboxylic acids is 1. The molecular weight excluding hydrogens is 232 g/mol. The van der Waals surface area contributed by atoms with Crippen molar-refractivity contribution in [1.29, 1.82) is 0 Å². The van der Waals surface area contributed by atoms with Gasteiger partial charge in [-0.05, 0) is 25.8 Å². The smallest absolute Gasteiger partial charge is 0.329 e. The third kappa shape index (κ3) is 4.29. The van der Waals surface area contributed by atoms with E-state index in [-0.39, 0.29) is 5.91 Å². The highest BCUT2D eigenvalue weighted by atomic mass is 16.4. The molecule has 1 aliphatic rings. The second kappa shape index (κ2) is 6.73. The van der Waals surface area contributed by atoms with Crippen LogP contribution in [0.5, 0.6) is 0 Å². The predicted molar refractivity (Wildman–Crippen MR) is 69.4 cm³/mol. The molecule has 0 aromatic heterocycles. The fourth-order valence-electron chi connectivity index (χ4n) is 2.34. The van der Waals surface area contributed by atoms with Gasteiger partial charge in [-0.2, -0.15) is 0 Å². The second-order valence-electron chi connectivity index (χ2n) is 5.35. The number of nitrogens with one attached hydrogen (secondary N) is 2. The molecule has 104 valence electrons. The van der Waals surface area contributed by atoms with Gasteiger partial charge in [0.05, 0.1) is 0 Å². The van der Waals surface area contributed by atoms with Crippen LogP contribution in [-0.2, 0) is 9.59 Å². The molecule has 0 bridgehead atoms. The Kier molecular flexibility index (Phi) is 5.59. The standard InChI is InChI=1S/C13H24N2O3/c1-10(2)14-9-5-6-11(16)15-13(12(17)18)7-3-4-8-13/h10,14H,3-9H2,1-2H3,(H,15,16)(H,17,18). The van der Waals surface area contributed by atoms with Gasteiger partial charge in [0.2, 0.25) is 5.91 Å². The number of carbonyl (C=O) groups excluding carboxylic acids is 1. The monoisotopic (exact) mass is 256 g/mol. The van der Waals surface area contributed by atoms with E-state index in [1.54, 1.807) is 0 Å². The van der Waals surface area contributed by atoms with Gasteiger partial charge in [-0.25, -0.2) is 4.79 Å². The zero-order chi connectivity index (χ0) is 13.6. The van der Waals surface area contributed by atoms with Crippen LogP contribution < -0.4 is 10.6 Å². The average molecular weight is 256 g/mol. The zero-order valence-corrected chi connectivity index (χ0v) is 11.3. The van der Waals surface area contributed by atoms with Crippen LogP contribution in [0.2, 0.25) is 0 Å². The summed E-state index contributed by atoms with van der Waals surface area (Å²) in [7, 11) is 0. The summed E-state index contributed by atoms with van der Waals surface area (Å²) in [5.41, 5.74) is -0.997. The fraction of sp³-hybridized carbons (Fsp3) is 0.846. The Balaban J connectivity index is 2.32. The number of rotatable bonds is 7. The van der Waals surface area contributed by atoms with Gasteiger partial charge in [-0.1, -0.05) is 26.7 Å². The van der Waals surface area contributed by atoms with Crippen molar-refractivity contribution in [2.45, 2.75) is 64.0 Å². The molecule has 0 aromatic carbocycles. The van der Waals surface area contributed by atoms with Crippen LogP contribution in [0.1, 0.15) is 52.4 Å². The van der Waals surface area contributed by atoms with Crippen molar-refractivity contribution < 1.29 is 14.7 Å². The van der Waals surface area contributed by atoms with Crippen molar-refractivity contribution >= 4 is 11.9 Å². The van der Waals surface area contributed by atoms with Gasteiger partial charge in [0.1, 0.15) is 5.54 Å². The molecule has 1 fully saturated rings. The van der Waals surface area contributed by atoms with Gasteiger partial charge >= 0.3 is 5.97 Å². The van der Waals surface area contributed by atoms with E-state index in [9.17, 15) is 14.7 Å². The van der Waals surface area contributed by atoms with Gasteiger partial charge in [0.15, 0.2) is 0 Å². The maximum atomic E-state index is 11.8. The molecule has 18 heavy (non-hydrogen) atoms. The molecular formula is C13H24N2O3. The number of carboxylic acid groups (broad SMARTS) is 1. The first-order valence-corrected chi connectivity index (χ1v) is 6.74. The topological polar surface area (TPSA) is 78.4 Å². The molecule has 0 radical (unpaired) electrons. The van der Waals surface area contributed by atoms with E-state index in [0.717, 1.165) is 25.8 Å². The summed E-state index contributed by atoms with van der Waals surface area (Å²) < 4.78 is 0. The van der Waals surface area contributed by atoms with Crippen molar-refractivity contribution in [3.8, 4) is 0 Å². The summed E-state index contributed by atoms with van der Waals surface area (Å²) in [5, 5.41) is 15.2. The molecule has 5 nitrogen and oxygen atoms in total. The van der Waals surface area contributed by atoms with Crippen LogP contribution in [-0.4, -0.2) is 35.1 Å². The lowest BCUT2D eigenvalue weighted by atomic mass is 9.97. The molecule has 0 aromatic rings. The highest BCUT2D eigenvalue weighted by molar-refractivity contribution is 5.87. The maximum absolute atomic E-state index is 11.8. The minimum Gasteiger partial charge on any atom is -0.480 e. The first-order chi connectivity index (χ1) is 8.46. The Bertz CT molecular complexity index is 297. The summed E-state index contributed by atoms with van der Waals surface area (Å²) in [6.07, 6.45) is 3.98. The lowest BCUT2D eigenvalue weighted by molar-refractivity contribution is -0.147. The lowest BCUT2D eigenvalue weighted by Crippen LogP contribution is -2.52. The normalized spacial score (nSPS) is 17.9. The number of carboxylic acids is 1. The van der Waals surface area contributed by atoms with Crippen molar-refractivity contribution in [2.75, 3.05) is 6.54 Å². The molecule has 0 saturated heterocycles. The van der Waals surface area contributed by atoms with Gasteiger partial charge in [0, 0.05) is 12.5 Å². The summed E-state index contributed by atoms with van der Waals surface area (Å²) in [4.78, 5) is 23.0. The second-order valence-corrected chi connectivity index (χ2v) is 5.35. The molecule has 1 rings (SSSR count). The van der Waals surface area contributed by atoms with Crippen molar-refractivity contribution in [1.82, 2.24) is 10.6 Å². The molecule has 5 heteroatoms. The van der Waals surface area contributed by atoms with Gasteiger partial charge in [-0.15, -0.1) is 0 Å². The maximum Gasteiger partial charge on any atom is 0.329 e. The van der Waals surface area contributed by atoms with E-state index >= 15 is 0 Å². The third-order valence-corrected chi connectivity index (χ3v) is 3.38. The van der Waals surface area contributed by atoms with Crippen LogP contribution in [0.3, 0.4) is 0 Å². The third-order valence-electron chi connectivity index (χ3n) is 3.38. The van der Waals surface area contributed by atoms with Gasteiger partial charge < -0.3 is 15.7 Å². The van der Waals surface area contributed by atoms with E-state index in [1.165, 1.54) is 0 Å². The predicted octanol–water partition coefficient (Wildman–Crippen LogP) is 1.28. The van der Waals surface area contributed by atoms with Crippen LogP contribution >= 0.6 is 0 Å². The van der Waals surface area contributed by atoms with Gasteiger partial charge in [0.25, 0.3) is 0 Å². The molecule has 0 atom stereocenters. The summed E-state index contributed by atoms with van der Waals surface area (Å²) in [6.45, 7) is 4.89. The molecule has 3 N–H and O–H groups in total. The Morgan fingerprint density at radius 2 is 1.89 bits per heavy atom. The number of carbonyl (C=O) groups is 2. The number of hydrogen-bond acceptors (Lipinski definition) is 3. The van der Waals surface area contributed by atoms with Crippen LogP contribution in [0, 0.1) is 0 Å². The minimum atomic E-state index is -0.997. The largest absolute Gasteiger partial charge is 0.480 e. The quantitative estimate of drug-likeness (QED) is 0.600. The Labute approximate surface area is 108 Å². The van der Waals surface area contributed by atoms with Crippen molar-refractivity contribution in [2.24, 2.45) is 0 Å². The van der Waals surface area contributed by atoms with Crippen LogP contribution in [0.15, 0.2) is 0 Å². The SMILES string of the molecule is CC(C)NCCCC(=O)NC1(C(=O)O)CCCC1. The van der Waals surface area contributed by atoms with Crippen molar-refractivity contribution in [3.05, 3.63) is 0 Å². The fourth-order valence-corrected chi connectivity index (χ4v) is 2.34. The Hall–Kier alpha value is -1.10. The number of hydrogen-bond donors (Lipinski definition) is 3. The summed E-state index contributed by atoms with van der Waals surface area (Å²) in [5.74, 6) is -1.04. The average Bonchev–Trinajstić information content (AvgIpc) is 2.74. The first kappa shape index (κ1) is 15.0. The molecule has 1 aliphatic carbocycles. The summed E-state index contributed by atoms with van der Waals surface area (Å²) >= 11 is 0. The van der Waals surface area contributed by atoms with E-state index in [4.69, 9.17) is 0 Å².